The molecule has 1 aromatic rings. The third-order valence-corrected chi connectivity index (χ3v) is 5.56. The van der Waals surface area contributed by atoms with Gasteiger partial charge in [0.2, 0.25) is 11.8 Å². The maximum atomic E-state index is 13.1. The topological polar surface area (TPSA) is 120 Å². The average molecular weight is 431 g/mol. The van der Waals surface area contributed by atoms with Gasteiger partial charge in [0.05, 0.1) is 11.5 Å². The summed E-state index contributed by atoms with van der Waals surface area (Å²) in [6, 6.07) is 6.65. The number of carbonyl (C=O) groups excluding carboxylic acids is 2. The third kappa shape index (κ3) is 6.34. The molecule has 2 saturated heterocycles. The Kier molecular flexibility index (Phi) is 7.69. The van der Waals surface area contributed by atoms with Gasteiger partial charge < -0.3 is 25.8 Å². The number of benzene rings is 1. The molecule has 1 aromatic carbocycles. The van der Waals surface area contributed by atoms with Crippen molar-refractivity contribution in [3.05, 3.63) is 46.4 Å². The molecule has 0 aliphatic carbocycles. The second-order valence-electron chi connectivity index (χ2n) is 7.82. The Balaban J connectivity index is 1.70. The number of nitrogens with zero attached hydrogens (tertiary/aromatic N) is 3. The summed E-state index contributed by atoms with van der Waals surface area (Å²) in [6.07, 6.45) is 4.95. The van der Waals surface area contributed by atoms with Crippen LogP contribution in [0.15, 0.2) is 36.3 Å². The van der Waals surface area contributed by atoms with Gasteiger partial charge in [-0.3, -0.25) is 19.7 Å². The van der Waals surface area contributed by atoms with Crippen molar-refractivity contribution >= 4 is 23.2 Å². The lowest BCUT2D eigenvalue weighted by molar-refractivity contribution is -0.403. The van der Waals surface area contributed by atoms with Gasteiger partial charge in [0.1, 0.15) is 6.04 Å². The lowest BCUT2D eigenvalue weighted by Crippen LogP contribution is -2.49. The Morgan fingerprint density at radius 2 is 1.90 bits per heavy atom. The molecule has 1 atom stereocenters. The van der Waals surface area contributed by atoms with E-state index in [1.54, 1.807) is 22.9 Å². The van der Waals surface area contributed by atoms with Crippen LogP contribution < -0.4 is 16.0 Å². The molecule has 0 radical (unpaired) electrons. The van der Waals surface area contributed by atoms with Gasteiger partial charge in [-0.15, -0.1) is 0 Å². The standard InChI is InChI=1S/C21H30N6O4/c1-22-16-7-6-8-17(13-16)23-19(14-27(30)31)24-18-9-2-3-12-26(21(18)29)15-20(28)25-10-4-5-11-25/h6-8,13-14,18,22-24H,2-5,9-12,15H2,1H3. The van der Waals surface area contributed by atoms with Crippen molar-refractivity contribution in [3.63, 3.8) is 0 Å². The van der Waals surface area contributed by atoms with Crippen molar-refractivity contribution in [1.29, 1.82) is 0 Å². The molecule has 3 rings (SSSR count). The molecule has 3 N–H and O–H groups in total. The van der Waals surface area contributed by atoms with Crippen molar-refractivity contribution in [3.8, 4) is 0 Å². The van der Waals surface area contributed by atoms with Gasteiger partial charge in [-0.25, -0.2) is 0 Å². The highest BCUT2D eigenvalue weighted by molar-refractivity contribution is 5.88. The van der Waals surface area contributed by atoms with Crippen molar-refractivity contribution in [1.82, 2.24) is 15.1 Å². The van der Waals surface area contributed by atoms with Gasteiger partial charge in [-0.2, -0.15) is 0 Å². The molecular formula is C21H30N6O4. The van der Waals surface area contributed by atoms with E-state index in [9.17, 15) is 19.7 Å². The largest absolute Gasteiger partial charge is 0.388 e. The summed E-state index contributed by atoms with van der Waals surface area (Å²) in [5.74, 6) is -0.107. The summed E-state index contributed by atoms with van der Waals surface area (Å²) in [5.41, 5.74) is 1.50. The van der Waals surface area contributed by atoms with E-state index >= 15 is 0 Å². The van der Waals surface area contributed by atoms with E-state index in [1.807, 2.05) is 18.2 Å². The van der Waals surface area contributed by atoms with Crippen LogP contribution in [0.1, 0.15) is 32.1 Å². The Morgan fingerprint density at radius 1 is 1.19 bits per heavy atom. The zero-order valence-electron chi connectivity index (χ0n) is 17.8. The zero-order valence-corrected chi connectivity index (χ0v) is 17.8. The van der Waals surface area contributed by atoms with E-state index in [1.165, 1.54) is 0 Å². The van der Waals surface area contributed by atoms with Crippen molar-refractivity contribution in [2.24, 2.45) is 0 Å². The molecule has 2 fully saturated rings. The minimum Gasteiger partial charge on any atom is -0.388 e. The number of nitrogens with one attached hydrogen (secondary N) is 3. The monoisotopic (exact) mass is 430 g/mol. The van der Waals surface area contributed by atoms with Crippen LogP contribution in [0.3, 0.4) is 0 Å². The lowest BCUT2D eigenvalue weighted by Gasteiger charge is -2.27. The predicted octanol–water partition coefficient (Wildman–Crippen LogP) is 1.81. The molecule has 2 aliphatic heterocycles. The van der Waals surface area contributed by atoms with E-state index in [-0.39, 0.29) is 24.2 Å². The fraction of sp³-hybridized carbons (Fsp3) is 0.524. The summed E-state index contributed by atoms with van der Waals surface area (Å²) < 4.78 is 0. The van der Waals surface area contributed by atoms with E-state index in [2.05, 4.69) is 16.0 Å². The summed E-state index contributed by atoms with van der Waals surface area (Å²) in [7, 11) is 1.79. The molecule has 2 aliphatic rings. The molecule has 0 aromatic heterocycles. The number of likely N-dealkylation sites (tertiary alicyclic amines) is 2. The number of nitro groups is 1. The van der Waals surface area contributed by atoms with E-state index in [0.717, 1.165) is 50.7 Å². The number of anilines is 2. The van der Waals surface area contributed by atoms with Gasteiger partial charge in [0, 0.05) is 38.1 Å². The summed E-state index contributed by atoms with van der Waals surface area (Å²) >= 11 is 0. The van der Waals surface area contributed by atoms with Gasteiger partial charge in [-0.05, 0) is 50.3 Å². The van der Waals surface area contributed by atoms with Crippen molar-refractivity contribution < 1.29 is 14.5 Å². The van der Waals surface area contributed by atoms with Crippen molar-refractivity contribution in [2.45, 2.75) is 38.1 Å². The highest BCUT2D eigenvalue weighted by atomic mass is 16.6. The Morgan fingerprint density at radius 3 is 2.61 bits per heavy atom. The van der Waals surface area contributed by atoms with Gasteiger partial charge in [0.25, 0.3) is 6.20 Å². The highest BCUT2D eigenvalue weighted by Crippen LogP contribution is 2.18. The molecule has 10 heteroatoms. The Bertz CT molecular complexity index is 837. The van der Waals surface area contributed by atoms with Crippen LogP contribution in [0.2, 0.25) is 0 Å². The minimum absolute atomic E-state index is 0.0328. The fourth-order valence-corrected chi connectivity index (χ4v) is 3.93. The molecule has 0 spiro atoms. The number of hydrogen-bond acceptors (Lipinski definition) is 7. The molecule has 31 heavy (non-hydrogen) atoms. The molecule has 10 nitrogen and oxygen atoms in total. The first-order valence-electron chi connectivity index (χ1n) is 10.7. The average Bonchev–Trinajstić information content (AvgIpc) is 3.23. The summed E-state index contributed by atoms with van der Waals surface area (Å²) in [5, 5.41) is 20.2. The zero-order chi connectivity index (χ0) is 22.2. The van der Waals surface area contributed by atoms with E-state index in [4.69, 9.17) is 0 Å². The quantitative estimate of drug-likeness (QED) is 0.425. The maximum Gasteiger partial charge on any atom is 0.274 e. The Labute approximate surface area is 181 Å². The molecule has 1 unspecified atom stereocenters. The fourth-order valence-electron chi connectivity index (χ4n) is 3.93. The first kappa shape index (κ1) is 22.4. The normalized spacial score (nSPS) is 19.7. The van der Waals surface area contributed by atoms with Crippen LogP contribution in [0.5, 0.6) is 0 Å². The van der Waals surface area contributed by atoms with Crippen LogP contribution in [-0.2, 0) is 9.59 Å². The maximum absolute atomic E-state index is 13.1. The number of hydrogen-bond donors (Lipinski definition) is 3. The van der Waals surface area contributed by atoms with Crippen LogP contribution in [0.4, 0.5) is 11.4 Å². The van der Waals surface area contributed by atoms with Crippen LogP contribution in [-0.4, -0.2) is 65.8 Å². The number of rotatable bonds is 8. The predicted molar refractivity (Wildman–Crippen MR) is 118 cm³/mol. The van der Waals surface area contributed by atoms with Crippen LogP contribution >= 0.6 is 0 Å². The van der Waals surface area contributed by atoms with E-state index < -0.39 is 11.0 Å². The molecule has 0 saturated carbocycles. The number of amides is 2. The molecular weight excluding hydrogens is 400 g/mol. The van der Waals surface area contributed by atoms with Gasteiger partial charge in [-0.1, -0.05) is 6.07 Å². The summed E-state index contributed by atoms with van der Waals surface area (Å²) in [4.78, 5) is 39.6. The molecule has 2 amide bonds. The Hall–Kier alpha value is -3.30. The first-order valence-corrected chi connectivity index (χ1v) is 10.7. The smallest absolute Gasteiger partial charge is 0.274 e. The minimum atomic E-state index is -0.639. The molecule has 2 heterocycles. The van der Waals surface area contributed by atoms with Gasteiger partial charge >= 0.3 is 0 Å². The molecule has 0 bridgehead atoms. The first-order chi connectivity index (χ1) is 15.0. The second kappa shape index (κ2) is 10.6. The lowest BCUT2D eigenvalue weighted by atomic mass is 10.1. The van der Waals surface area contributed by atoms with Crippen LogP contribution in [0, 0.1) is 10.1 Å². The summed E-state index contributed by atoms with van der Waals surface area (Å²) in [6.45, 7) is 2.06. The van der Waals surface area contributed by atoms with Crippen LogP contribution in [0.25, 0.3) is 0 Å². The van der Waals surface area contributed by atoms with Crippen molar-refractivity contribution in [2.75, 3.05) is 43.9 Å². The molecule has 168 valence electrons. The highest BCUT2D eigenvalue weighted by Gasteiger charge is 2.30. The second-order valence-corrected chi connectivity index (χ2v) is 7.82. The van der Waals surface area contributed by atoms with Gasteiger partial charge in [0.15, 0.2) is 5.82 Å². The van der Waals surface area contributed by atoms with E-state index in [0.29, 0.717) is 18.7 Å². The number of carbonyl (C=O) groups is 2. The SMILES string of the molecule is CNc1cccc(NC(=C[N+](=O)[O-])NC2CCCCN(CC(=O)N3CCCC3)C2=O)c1. The third-order valence-electron chi connectivity index (χ3n) is 5.56.